The van der Waals surface area contributed by atoms with Crippen LogP contribution in [0.3, 0.4) is 0 Å². The van der Waals surface area contributed by atoms with Crippen molar-refractivity contribution >= 4 is 11.3 Å². The summed E-state index contributed by atoms with van der Waals surface area (Å²) in [6.45, 7) is 2.43. The first-order chi connectivity index (χ1) is 12.5. The van der Waals surface area contributed by atoms with Crippen LogP contribution in [0.5, 0.6) is 0 Å². The Bertz CT molecular complexity index is 892. The molecule has 0 N–H and O–H groups in total. The van der Waals surface area contributed by atoms with Gasteiger partial charge in [0.1, 0.15) is 5.01 Å². The molecule has 0 aliphatic carbocycles. The van der Waals surface area contributed by atoms with Gasteiger partial charge in [0.05, 0.1) is 17.8 Å². The van der Waals surface area contributed by atoms with Gasteiger partial charge in [0.25, 0.3) is 0 Å². The maximum atomic E-state index is 12.7. The summed E-state index contributed by atoms with van der Waals surface area (Å²) in [6.07, 6.45) is 0.0354. The quantitative estimate of drug-likeness (QED) is 0.688. The van der Waals surface area contributed by atoms with E-state index in [2.05, 4.69) is 19.9 Å². The van der Waals surface area contributed by atoms with E-state index in [1.165, 1.54) is 12.1 Å². The van der Waals surface area contributed by atoms with Gasteiger partial charge in [-0.05, 0) is 12.1 Å². The molecule has 0 amide bonds. The van der Waals surface area contributed by atoms with Crippen molar-refractivity contribution in [3.8, 4) is 11.4 Å². The zero-order chi connectivity index (χ0) is 18.1. The fourth-order valence-electron chi connectivity index (χ4n) is 2.98. The minimum atomic E-state index is -4.34. The summed E-state index contributed by atoms with van der Waals surface area (Å²) < 4.78 is 38.0. The molecule has 0 spiro atoms. The van der Waals surface area contributed by atoms with Crippen LogP contribution in [0.4, 0.5) is 13.2 Å². The maximum Gasteiger partial charge on any atom is 0.416 e. The molecule has 0 saturated heterocycles. The van der Waals surface area contributed by atoms with Crippen molar-refractivity contribution in [2.45, 2.75) is 25.7 Å². The lowest BCUT2D eigenvalue weighted by atomic mass is 10.1. The molecule has 134 valence electrons. The first-order valence-corrected chi connectivity index (χ1v) is 9.00. The second kappa shape index (κ2) is 6.77. The summed E-state index contributed by atoms with van der Waals surface area (Å²) in [6, 6.07) is 4.96. The number of benzene rings is 1. The Labute approximate surface area is 152 Å². The Kier molecular flexibility index (Phi) is 4.46. The molecule has 26 heavy (non-hydrogen) atoms. The molecule has 1 aliphatic rings. The first-order valence-electron chi connectivity index (χ1n) is 8.12. The van der Waals surface area contributed by atoms with E-state index in [4.69, 9.17) is 0 Å². The van der Waals surface area contributed by atoms with E-state index in [1.54, 1.807) is 23.7 Å². The Morgan fingerprint density at radius 2 is 1.92 bits per heavy atom. The van der Waals surface area contributed by atoms with E-state index in [0.29, 0.717) is 11.4 Å². The molecule has 0 saturated carbocycles. The van der Waals surface area contributed by atoms with E-state index in [0.717, 1.165) is 54.5 Å². The molecule has 0 fully saturated rings. The molecule has 0 radical (unpaired) electrons. The Morgan fingerprint density at radius 3 is 2.62 bits per heavy atom. The van der Waals surface area contributed by atoms with Gasteiger partial charge in [-0.2, -0.15) is 13.2 Å². The molecule has 1 aliphatic heterocycles. The van der Waals surface area contributed by atoms with Crippen LogP contribution in [0, 0.1) is 0 Å². The minimum Gasteiger partial charge on any atom is -0.292 e. The average Bonchev–Trinajstić information content (AvgIpc) is 3.14. The number of alkyl halides is 3. The van der Waals surface area contributed by atoms with Gasteiger partial charge >= 0.3 is 6.18 Å². The number of hydrogen-bond donors (Lipinski definition) is 0. The van der Waals surface area contributed by atoms with Crippen LogP contribution in [0.25, 0.3) is 11.4 Å². The number of aromatic nitrogens is 3. The third kappa shape index (κ3) is 3.61. The van der Waals surface area contributed by atoms with Crippen molar-refractivity contribution in [3.63, 3.8) is 0 Å². The van der Waals surface area contributed by atoms with Crippen molar-refractivity contribution in [3.05, 3.63) is 63.9 Å². The Morgan fingerprint density at radius 1 is 1.12 bits per heavy atom. The predicted octanol–water partition coefficient (Wildman–Crippen LogP) is 4.18. The molecule has 3 heterocycles. The van der Waals surface area contributed by atoms with Crippen molar-refractivity contribution in [1.29, 1.82) is 0 Å². The maximum absolute atomic E-state index is 12.7. The molecule has 2 aromatic heterocycles. The average molecular weight is 376 g/mol. The zero-order valence-corrected chi connectivity index (χ0v) is 14.5. The number of fused-ring (bicyclic) bond motifs is 1. The lowest BCUT2D eigenvalue weighted by Gasteiger charge is -2.27. The molecule has 0 unspecified atom stereocenters. The van der Waals surface area contributed by atoms with Crippen molar-refractivity contribution in [2.24, 2.45) is 0 Å². The van der Waals surface area contributed by atoms with Crippen molar-refractivity contribution < 1.29 is 13.2 Å². The van der Waals surface area contributed by atoms with E-state index in [9.17, 15) is 13.2 Å². The predicted molar refractivity (Wildman–Crippen MR) is 92.4 cm³/mol. The smallest absolute Gasteiger partial charge is 0.292 e. The molecular formula is C18H15F3N4S. The third-order valence-electron chi connectivity index (χ3n) is 4.33. The molecule has 0 bridgehead atoms. The van der Waals surface area contributed by atoms with Crippen LogP contribution in [-0.2, 0) is 25.7 Å². The minimum absolute atomic E-state index is 0.464. The summed E-state index contributed by atoms with van der Waals surface area (Å²) in [7, 11) is 0. The van der Waals surface area contributed by atoms with Crippen LogP contribution < -0.4 is 0 Å². The lowest BCUT2D eigenvalue weighted by molar-refractivity contribution is -0.137. The van der Waals surface area contributed by atoms with E-state index >= 15 is 0 Å². The van der Waals surface area contributed by atoms with Gasteiger partial charge in [0.2, 0.25) is 0 Å². The molecular weight excluding hydrogens is 361 g/mol. The van der Waals surface area contributed by atoms with Crippen LogP contribution in [0.15, 0.2) is 42.0 Å². The highest BCUT2D eigenvalue weighted by molar-refractivity contribution is 7.09. The number of rotatable bonds is 3. The molecule has 1 aromatic carbocycles. The number of halogens is 3. The normalized spacial score (nSPS) is 15.0. The van der Waals surface area contributed by atoms with E-state index in [1.807, 2.05) is 5.38 Å². The monoisotopic (exact) mass is 376 g/mol. The summed E-state index contributed by atoms with van der Waals surface area (Å²) in [5.41, 5.74) is 1.94. The molecule has 8 heteroatoms. The number of nitrogens with zero attached hydrogens (tertiary/aromatic N) is 4. The SMILES string of the molecule is FC(F)(F)c1ccc(-c2ncc3c(n2)CCN(Cc2nccs2)C3)cc1. The van der Waals surface area contributed by atoms with Crippen LogP contribution >= 0.6 is 11.3 Å². The summed E-state index contributed by atoms with van der Waals surface area (Å²) in [5.74, 6) is 0.464. The molecule has 4 nitrogen and oxygen atoms in total. The highest BCUT2D eigenvalue weighted by atomic mass is 32.1. The van der Waals surface area contributed by atoms with Gasteiger partial charge in [-0.25, -0.2) is 15.0 Å². The number of hydrogen-bond acceptors (Lipinski definition) is 5. The van der Waals surface area contributed by atoms with Gasteiger partial charge in [-0.15, -0.1) is 11.3 Å². The summed E-state index contributed by atoms with van der Waals surface area (Å²) in [5, 5.41) is 3.04. The topological polar surface area (TPSA) is 41.9 Å². The molecule has 0 atom stereocenters. The molecule has 3 aromatic rings. The summed E-state index contributed by atoms with van der Waals surface area (Å²) >= 11 is 1.64. The Balaban J connectivity index is 1.51. The van der Waals surface area contributed by atoms with Crippen molar-refractivity contribution in [1.82, 2.24) is 19.9 Å². The van der Waals surface area contributed by atoms with Crippen LogP contribution in [0.1, 0.15) is 21.8 Å². The largest absolute Gasteiger partial charge is 0.416 e. The van der Waals surface area contributed by atoms with E-state index in [-0.39, 0.29) is 0 Å². The summed E-state index contributed by atoms with van der Waals surface area (Å²) in [4.78, 5) is 15.5. The zero-order valence-electron chi connectivity index (χ0n) is 13.7. The fraction of sp³-hybridized carbons (Fsp3) is 0.278. The van der Waals surface area contributed by atoms with E-state index < -0.39 is 11.7 Å². The molecule has 4 rings (SSSR count). The van der Waals surface area contributed by atoms with Gasteiger partial charge in [0.15, 0.2) is 5.82 Å². The third-order valence-corrected chi connectivity index (χ3v) is 5.09. The second-order valence-corrected chi connectivity index (χ2v) is 7.11. The van der Waals surface area contributed by atoms with Crippen LogP contribution in [-0.4, -0.2) is 26.4 Å². The van der Waals surface area contributed by atoms with Crippen molar-refractivity contribution in [2.75, 3.05) is 6.54 Å². The highest BCUT2D eigenvalue weighted by Gasteiger charge is 2.30. The Hall–Kier alpha value is -2.32. The van der Waals surface area contributed by atoms with Crippen LogP contribution in [0.2, 0.25) is 0 Å². The second-order valence-electron chi connectivity index (χ2n) is 6.13. The van der Waals surface area contributed by atoms with Gasteiger partial charge in [-0.3, -0.25) is 4.90 Å². The fourth-order valence-corrected chi connectivity index (χ4v) is 3.64. The highest BCUT2D eigenvalue weighted by Crippen LogP contribution is 2.30. The van der Waals surface area contributed by atoms with Gasteiger partial charge in [-0.1, -0.05) is 12.1 Å². The van der Waals surface area contributed by atoms with Gasteiger partial charge in [0, 0.05) is 48.4 Å². The standard InChI is InChI=1S/C18H15F3N4S/c19-18(20,21)14-3-1-12(2-4-14)17-23-9-13-10-25(7-5-15(13)24-17)11-16-22-6-8-26-16/h1-4,6,8-9H,5,7,10-11H2. The number of thiazole rings is 1. The lowest BCUT2D eigenvalue weighted by Crippen LogP contribution is -2.30. The van der Waals surface area contributed by atoms with Gasteiger partial charge < -0.3 is 0 Å². The first kappa shape index (κ1) is 17.1.